The zero-order valence-corrected chi connectivity index (χ0v) is 27.8. The number of aromatic nitrogens is 1. The predicted octanol–water partition coefficient (Wildman–Crippen LogP) is 8.23. The summed E-state index contributed by atoms with van der Waals surface area (Å²) >= 11 is 1.57. The maximum absolute atomic E-state index is 13.5. The monoisotopic (exact) mass is 608 g/mol. The van der Waals surface area contributed by atoms with Crippen LogP contribution in [0.4, 0.5) is 5.13 Å². The minimum absolute atomic E-state index is 0.145. The molecule has 1 unspecified atom stereocenters. The molecule has 1 aliphatic carbocycles. The van der Waals surface area contributed by atoms with Crippen molar-refractivity contribution in [2.24, 2.45) is 23.5 Å². The summed E-state index contributed by atoms with van der Waals surface area (Å²) < 4.78 is 0. The number of primary amides is 1. The lowest BCUT2D eigenvalue weighted by Crippen LogP contribution is -2.38. The van der Waals surface area contributed by atoms with Crippen LogP contribution in [0.5, 0.6) is 0 Å². The van der Waals surface area contributed by atoms with Gasteiger partial charge in [-0.2, -0.15) is 0 Å². The lowest BCUT2D eigenvalue weighted by atomic mass is 9.81. The summed E-state index contributed by atoms with van der Waals surface area (Å²) in [7, 11) is 0. The zero-order chi connectivity index (χ0) is 31.3. The third-order valence-electron chi connectivity index (χ3n) is 7.57. The van der Waals surface area contributed by atoms with Crippen LogP contribution in [0.15, 0.2) is 60.8 Å². The zero-order valence-electron chi connectivity index (χ0n) is 27.0. The van der Waals surface area contributed by atoms with Crippen molar-refractivity contribution in [1.82, 2.24) is 10.3 Å². The number of hydrogen-bond acceptors (Lipinski definition) is 5. The Kier molecular flexibility index (Phi) is 18.5. The highest BCUT2D eigenvalue weighted by Crippen LogP contribution is 2.32. The normalized spacial score (nSPS) is 17.2. The minimum atomic E-state index is -0.512. The predicted molar refractivity (Wildman–Crippen MR) is 184 cm³/mol. The first-order valence-corrected chi connectivity index (χ1v) is 17.2. The lowest BCUT2D eigenvalue weighted by molar-refractivity contribution is -0.131. The Morgan fingerprint density at radius 1 is 0.930 bits per heavy atom. The standard InChI is InChI=1S/C36H56N4O2S/c1-5-7-8-9-10-11-12-13-14-15-16-17-18-19-20-21-22-30(34(37)41)31(26-28(3)4)35(42)40-36-39-32-24-23-29(38-25-6-2)27-33(32)43-36/h7-8,10-11,13-14,16-17,19-20,28-31,38H,5-6,9,12,15,18,21-27H2,1-4H3,(H2,37,41)(H,39,40,42)/t29-,30?,31+/m1/s1. The van der Waals surface area contributed by atoms with E-state index in [4.69, 9.17) is 10.7 Å². The Hall–Kier alpha value is -2.77. The van der Waals surface area contributed by atoms with Crippen molar-refractivity contribution in [1.29, 1.82) is 0 Å². The summed E-state index contributed by atoms with van der Waals surface area (Å²) in [6, 6.07) is 0.473. The van der Waals surface area contributed by atoms with E-state index < -0.39 is 17.7 Å². The molecule has 1 aromatic rings. The largest absolute Gasteiger partial charge is 0.369 e. The fraction of sp³-hybridized carbons (Fsp3) is 0.583. The summed E-state index contributed by atoms with van der Waals surface area (Å²) in [5.41, 5.74) is 6.96. The van der Waals surface area contributed by atoms with Crippen molar-refractivity contribution in [2.45, 2.75) is 111 Å². The molecule has 0 fully saturated rings. The number of aryl methyl sites for hydroxylation is 1. The van der Waals surface area contributed by atoms with Gasteiger partial charge in [0.1, 0.15) is 0 Å². The van der Waals surface area contributed by atoms with Crippen molar-refractivity contribution >= 4 is 28.3 Å². The van der Waals surface area contributed by atoms with Crippen LogP contribution in [0.3, 0.4) is 0 Å². The Bertz CT molecular complexity index is 1100. The van der Waals surface area contributed by atoms with E-state index in [0.717, 1.165) is 70.0 Å². The minimum Gasteiger partial charge on any atom is -0.369 e. The maximum atomic E-state index is 13.5. The van der Waals surface area contributed by atoms with E-state index in [9.17, 15) is 9.59 Å². The highest BCUT2D eigenvalue weighted by atomic mass is 32.1. The van der Waals surface area contributed by atoms with Crippen LogP contribution in [0.1, 0.15) is 102 Å². The van der Waals surface area contributed by atoms with Gasteiger partial charge in [0.2, 0.25) is 11.8 Å². The van der Waals surface area contributed by atoms with Gasteiger partial charge in [-0.05, 0) is 89.5 Å². The fourth-order valence-corrected chi connectivity index (χ4v) is 6.39. The van der Waals surface area contributed by atoms with Crippen LogP contribution in [-0.4, -0.2) is 29.4 Å². The van der Waals surface area contributed by atoms with Gasteiger partial charge in [0, 0.05) is 16.8 Å². The molecule has 2 rings (SSSR count). The number of rotatable bonds is 21. The molecule has 6 nitrogen and oxygen atoms in total. The summed E-state index contributed by atoms with van der Waals surface area (Å²) in [4.78, 5) is 32.0. The molecule has 0 radical (unpaired) electrons. The smallest absolute Gasteiger partial charge is 0.230 e. The molecular weight excluding hydrogens is 552 g/mol. The van der Waals surface area contributed by atoms with Crippen molar-refractivity contribution in [3.05, 3.63) is 71.3 Å². The van der Waals surface area contributed by atoms with Crippen LogP contribution < -0.4 is 16.4 Å². The van der Waals surface area contributed by atoms with Gasteiger partial charge in [0.05, 0.1) is 11.6 Å². The molecule has 1 aliphatic rings. The third kappa shape index (κ3) is 15.0. The molecule has 3 atom stereocenters. The molecule has 2 amide bonds. The Labute approximate surface area is 265 Å². The molecular formula is C36H56N4O2S. The Balaban J connectivity index is 1.83. The van der Waals surface area contributed by atoms with E-state index >= 15 is 0 Å². The van der Waals surface area contributed by atoms with Crippen LogP contribution in [0, 0.1) is 17.8 Å². The second-order valence-corrected chi connectivity index (χ2v) is 12.9. The van der Waals surface area contributed by atoms with Gasteiger partial charge in [-0.15, -0.1) is 11.3 Å². The number of thiazole rings is 1. The van der Waals surface area contributed by atoms with Crippen molar-refractivity contribution in [2.75, 3.05) is 11.9 Å². The Morgan fingerprint density at radius 2 is 1.53 bits per heavy atom. The molecule has 1 aromatic heterocycles. The van der Waals surface area contributed by atoms with Crippen LogP contribution in [0.25, 0.3) is 0 Å². The van der Waals surface area contributed by atoms with Crippen LogP contribution in [0.2, 0.25) is 0 Å². The molecule has 1 heterocycles. The Morgan fingerprint density at radius 3 is 2.09 bits per heavy atom. The van der Waals surface area contributed by atoms with Gasteiger partial charge >= 0.3 is 0 Å². The molecule has 0 bridgehead atoms. The third-order valence-corrected chi connectivity index (χ3v) is 8.60. The number of carbonyl (C=O) groups excluding carboxylic acids is 2. The van der Waals surface area contributed by atoms with Crippen LogP contribution >= 0.6 is 11.3 Å². The average molecular weight is 609 g/mol. The van der Waals surface area contributed by atoms with E-state index in [2.05, 4.69) is 99.1 Å². The average Bonchev–Trinajstić information content (AvgIpc) is 3.38. The number of allylic oxidation sites excluding steroid dienone is 10. The number of nitrogens with two attached hydrogens (primary N) is 1. The van der Waals surface area contributed by atoms with E-state index in [1.54, 1.807) is 11.3 Å². The summed E-state index contributed by atoms with van der Waals surface area (Å²) in [5, 5.41) is 7.30. The van der Waals surface area contributed by atoms with Gasteiger partial charge in [0.15, 0.2) is 5.13 Å². The van der Waals surface area contributed by atoms with E-state index in [1.165, 1.54) is 4.88 Å². The van der Waals surface area contributed by atoms with E-state index in [1.807, 2.05) is 0 Å². The quantitative estimate of drug-likeness (QED) is 0.122. The molecule has 0 spiro atoms. The van der Waals surface area contributed by atoms with Gasteiger partial charge in [-0.3, -0.25) is 9.59 Å². The van der Waals surface area contributed by atoms with Crippen molar-refractivity contribution < 1.29 is 9.59 Å². The van der Waals surface area contributed by atoms with Gasteiger partial charge in [-0.25, -0.2) is 4.98 Å². The lowest BCUT2D eigenvalue weighted by Gasteiger charge is -2.25. The summed E-state index contributed by atoms with van der Waals surface area (Å²) in [6.45, 7) is 9.50. The molecule has 0 saturated heterocycles. The van der Waals surface area contributed by atoms with E-state index in [0.29, 0.717) is 30.4 Å². The molecule has 43 heavy (non-hydrogen) atoms. The first kappa shape index (κ1) is 36.4. The van der Waals surface area contributed by atoms with E-state index in [-0.39, 0.29) is 11.8 Å². The number of carbonyl (C=O) groups is 2. The number of fused-ring (bicyclic) bond motifs is 1. The summed E-state index contributed by atoms with van der Waals surface area (Å²) in [6.07, 6.45) is 32.5. The summed E-state index contributed by atoms with van der Waals surface area (Å²) in [5.74, 6) is -1.27. The fourth-order valence-electron chi connectivity index (χ4n) is 5.30. The first-order valence-electron chi connectivity index (χ1n) is 16.4. The number of nitrogens with zero attached hydrogens (tertiary/aromatic N) is 1. The highest BCUT2D eigenvalue weighted by Gasteiger charge is 2.33. The molecule has 7 heteroatoms. The maximum Gasteiger partial charge on any atom is 0.230 e. The van der Waals surface area contributed by atoms with Gasteiger partial charge in [-0.1, -0.05) is 88.5 Å². The van der Waals surface area contributed by atoms with Crippen molar-refractivity contribution in [3.63, 3.8) is 0 Å². The number of amides is 2. The number of nitrogens with one attached hydrogen (secondary N) is 2. The SMILES string of the molecule is CCC=CCC=CCC=CCC=CCC=CCCC(C(N)=O)[C@H](CC(C)C)C(=O)Nc1nc2c(s1)C[C@H](NCCC)CC2. The molecule has 238 valence electrons. The topological polar surface area (TPSA) is 97.1 Å². The molecule has 0 saturated carbocycles. The number of hydrogen-bond donors (Lipinski definition) is 3. The first-order chi connectivity index (χ1) is 20.8. The van der Waals surface area contributed by atoms with Crippen molar-refractivity contribution in [3.8, 4) is 0 Å². The second-order valence-electron chi connectivity index (χ2n) is 11.8. The molecule has 4 N–H and O–H groups in total. The molecule has 0 aromatic carbocycles. The molecule has 0 aliphatic heterocycles. The van der Waals surface area contributed by atoms with Gasteiger partial charge in [0.25, 0.3) is 0 Å². The highest BCUT2D eigenvalue weighted by molar-refractivity contribution is 7.15. The van der Waals surface area contributed by atoms with Gasteiger partial charge < -0.3 is 16.4 Å². The number of anilines is 1. The second kappa shape index (κ2) is 21.8. The van der Waals surface area contributed by atoms with Crippen LogP contribution in [-0.2, 0) is 22.4 Å².